The first-order valence-electron chi connectivity index (χ1n) is 5.43. The van der Waals surface area contributed by atoms with Crippen LogP contribution in [0, 0.1) is 6.92 Å². The van der Waals surface area contributed by atoms with Crippen LogP contribution >= 0.6 is 11.3 Å². The number of benzene rings is 1. The van der Waals surface area contributed by atoms with Crippen LogP contribution in [-0.4, -0.2) is 11.0 Å². The maximum atomic E-state index is 5.78. The van der Waals surface area contributed by atoms with E-state index in [1.54, 1.807) is 11.3 Å². The van der Waals surface area contributed by atoms with Gasteiger partial charge in [-0.25, -0.2) is 4.98 Å². The summed E-state index contributed by atoms with van der Waals surface area (Å²) in [5.41, 5.74) is 8.27. The van der Waals surface area contributed by atoms with E-state index in [2.05, 4.69) is 36.2 Å². The third kappa shape index (κ3) is 2.49. The summed E-state index contributed by atoms with van der Waals surface area (Å²) in [7, 11) is 0. The lowest BCUT2D eigenvalue weighted by atomic mass is 10.1. The van der Waals surface area contributed by atoms with Crippen LogP contribution in [0.5, 0.6) is 0 Å². The number of hydrogen-bond acceptors (Lipinski definition) is 3. The van der Waals surface area contributed by atoms with Crippen molar-refractivity contribution in [2.45, 2.75) is 26.3 Å². The smallest absolute Gasteiger partial charge is 0.123 e. The average molecular weight is 232 g/mol. The molecule has 0 fully saturated rings. The van der Waals surface area contributed by atoms with Gasteiger partial charge in [0.15, 0.2) is 0 Å². The van der Waals surface area contributed by atoms with Gasteiger partial charge >= 0.3 is 0 Å². The molecule has 2 nitrogen and oxygen atoms in total. The van der Waals surface area contributed by atoms with E-state index < -0.39 is 0 Å². The lowest BCUT2D eigenvalue weighted by Crippen LogP contribution is -2.16. The quantitative estimate of drug-likeness (QED) is 0.883. The van der Waals surface area contributed by atoms with Crippen molar-refractivity contribution in [1.29, 1.82) is 0 Å². The maximum absolute atomic E-state index is 5.78. The van der Waals surface area contributed by atoms with Crippen molar-refractivity contribution in [3.63, 3.8) is 0 Å². The molecule has 0 aliphatic heterocycles. The molecule has 0 aliphatic carbocycles. The Morgan fingerprint density at radius 2 is 2.12 bits per heavy atom. The topological polar surface area (TPSA) is 38.9 Å². The molecule has 0 amide bonds. The Morgan fingerprint density at radius 3 is 2.81 bits per heavy atom. The predicted molar refractivity (Wildman–Crippen MR) is 69.6 cm³/mol. The van der Waals surface area contributed by atoms with E-state index in [-0.39, 0.29) is 6.04 Å². The van der Waals surface area contributed by atoms with Crippen molar-refractivity contribution in [3.05, 3.63) is 40.9 Å². The second kappa shape index (κ2) is 4.76. The van der Waals surface area contributed by atoms with Crippen LogP contribution < -0.4 is 5.73 Å². The summed E-state index contributed by atoms with van der Waals surface area (Å²) in [6.07, 6.45) is 2.85. The van der Waals surface area contributed by atoms with Gasteiger partial charge < -0.3 is 5.73 Å². The summed E-state index contributed by atoms with van der Waals surface area (Å²) in [6, 6.07) is 8.53. The number of rotatable bonds is 3. The Balaban J connectivity index is 2.28. The van der Waals surface area contributed by atoms with Crippen molar-refractivity contribution in [2.24, 2.45) is 5.73 Å². The summed E-state index contributed by atoms with van der Waals surface area (Å²) < 4.78 is 0. The van der Waals surface area contributed by atoms with E-state index >= 15 is 0 Å². The zero-order chi connectivity index (χ0) is 11.5. The third-order valence-corrected chi connectivity index (χ3v) is 3.51. The molecule has 0 radical (unpaired) electrons. The van der Waals surface area contributed by atoms with Crippen LogP contribution in [0.4, 0.5) is 0 Å². The Hall–Kier alpha value is -1.19. The second-order valence-corrected chi connectivity index (χ2v) is 5.24. The number of aromatic nitrogens is 1. The van der Waals surface area contributed by atoms with Gasteiger partial charge in [0.1, 0.15) is 5.01 Å². The SMILES string of the molecule is Cc1ccccc1-c1ncc(CC(C)N)s1. The lowest BCUT2D eigenvalue weighted by Gasteiger charge is -2.01. The molecule has 1 aromatic heterocycles. The third-order valence-electron chi connectivity index (χ3n) is 2.45. The molecule has 0 bridgehead atoms. The van der Waals surface area contributed by atoms with Crippen molar-refractivity contribution >= 4 is 11.3 Å². The van der Waals surface area contributed by atoms with Gasteiger partial charge in [-0.3, -0.25) is 0 Å². The van der Waals surface area contributed by atoms with Crippen LogP contribution in [-0.2, 0) is 6.42 Å². The van der Waals surface area contributed by atoms with Crippen LogP contribution in [0.15, 0.2) is 30.5 Å². The molecule has 2 aromatic rings. The van der Waals surface area contributed by atoms with E-state index in [1.165, 1.54) is 16.0 Å². The van der Waals surface area contributed by atoms with Gasteiger partial charge in [-0.15, -0.1) is 11.3 Å². The molecule has 2 rings (SSSR count). The highest BCUT2D eigenvalue weighted by atomic mass is 32.1. The van der Waals surface area contributed by atoms with E-state index in [0.29, 0.717) is 0 Å². The molecule has 0 aliphatic rings. The molecular weight excluding hydrogens is 216 g/mol. The summed E-state index contributed by atoms with van der Waals surface area (Å²) in [5, 5.41) is 1.09. The normalized spacial score (nSPS) is 12.7. The maximum Gasteiger partial charge on any atom is 0.123 e. The zero-order valence-electron chi connectivity index (χ0n) is 9.60. The second-order valence-electron chi connectivity index (χ2n) is 4.13. The van der Waals surface area contributed by atoms with E-state index in [4.69, 9.17) is 5.73 Å². The molecule has 84 valence electrons. The van der Waals surface area contributed by atoms with Crippen LogP contribution in [0.1, 0.15) is 17.4 Å². The Labute approximate surface area is 100 Å². The minimum Gasteiger partial charge on any atom is -0.328 e. The molecule has 3 heteroatoms. The Bertz CT molecular complexity index is 474. The van der Waals surface area contributed by atoms with Gasteiger partial charge in [0.2, 0.25) is 0 Å². The van der Waals surface area contributed by atoms with Gasteiger partial charge in [0.25, 0.3) is 0 Å². The van der Waals surface area contributed by atoms with E-state index in [0.717, 1.165) is 11.4 Å². The van der Waals surface area contributed by atoms with Crippen molar-refractivity contribution in [2.75, 3.05) is 0 Å². The van der Waals surface area contributed by atoms with E-state index in [9.17, 15) is 0 Å². The minimum absolute atomic E-state index is 0.199. The highest BCUT2D eigenvalue weighted by molar-refractivity contribution is 7.15. The number of nitrogens with zero attached hydrogens (tertiary/aromatic N) is 1. The summed E-state index contributed by atoms with van der Waals surface area (Å²) in [4.78, 5) is 5.72. The largest absolute Gasteiger partial charge is 0.328 e. The van der Waals surface area contributed by atoms with Crippen molar-refractivity contribution in [1.82, 2.24) is 4.98 Å². The fourth-order valence-corrected chi connectivity index (χ4v) is 2.80. The molecule has 0 saturated carbocycles. The Kier molecular flexibility index (Phi) is 3.36. The van der Waals surface area contributed by atoms with Gasteiger partial charge in [0, 0.05) is 22.7 Å². The molecule has 0 spiro atoms. The number of aryl methyl sites for hydroxylation is 1. The first kappa shape index (κ1) is 11.3. The van der Waals surface area contributed by atoms with Crippen molar-refractivity contribution in [3.8, 4) is 10.6 Å². The van der Waals surface area contributed by atoms with Gasteiger partial charge in [-0.1, -0.05) is 24.3 Å². The standard InChI is InChI=1S/C13H16N2S/c1-9-5-3-4-6-12(9)13-15-8-11(16-13)7-10(2)14/h3-6,8,10H,7,14H2,1-2H3. The first-order valence-corrected chi connectivity index (χ1v) is 6.25. The molecule has 16 heavy (non-hydrogen) atoms. The Morgan fingerprint density at radius 1 is 1.38 bits per heavy atom. The minimum atomic E-state index is 0.199. The van der Waals surface area contributed by atoms with Gasteiger partial charge in [0.05, 0.1) is 0 Å². The summed E-state index contributed by atoms with van der Waals surface area (Å²) in [6.45, 7) is 4.13. The highest BCUT2D eigenvalue weighted by Gasteiger charge is 2.07. The fourth-order valence-electron chi connectivity index (χ4n) is 1.66. The van der Waals surface area contributed by atoms with Gasteiger partial charge in [-0.2, -0.15) is 0 Å². The predicted octanol–water partition coefficient (Wildman–Crippen LogP) is 3.01. The van der Waals surface area contributed by atoms with Crippen LogP contribution in [0.2, 0.25) is 0 Å². The molecule has 1 atom stereocenters. The van der Waals surface area contributed by atoms with Crippen LogP contribution in [0.25, 0.3) is 10.6 Å². The number of hydrogen-bond donors (Lipinski definition) is 1. The molecule has 1 aromatic carbocycles. The fraction of sp³-hybridized carbons (Fsp3) is 0.308. The number of nitrogens with two attached hydrogens (primary N) is 1. The zero-order valence-corrected chi connectivity index (χ0v) is 10.4. The van der Waals surface area contributed by atoms with E-state index in [1.807, 2.05) is 13.1 Å². The summed E-state index contributed by atoms with van der Waals surface area (Å²) >= 11 is 1.74. The first-order chi connectivity index (χ1) is 7.66. The summed E-state index contributed by atoms with van der Waals surface area (Å²) in [5.74, 6) is 0. The van der Waals surface area contributed by atoms with Gasteiger partial charge in [-0.05, 0) is 25.8 Å². The lowest BCUT2D eigenvalue weighted by molar-refractivity contribution is 0.745. The average Bonchev–Trinajstić information content (AvgIpc) is 2.66. The molecular formula is C13H16N2S. The molecule has 0 saturated heterocycles. The molecule has 1 heterocycles. The highest BCUT2D eigenvalue weighted by Crippen LogP contribution is 2.28. The number of thiazole rings is 1. The monoisotopic (exact) mass is 232 g/mol. The van der Waals surface area contributed by atoms with Crippen molar-refractivity contribution < 1.29 is 0 Å². The molecule has 1 unspecified atom stereocenters. The van der Waals surface area contributed by atoms with Crippen LogP contribution in [0.3, 0.4) is 0 Å². The molecule has 2 N–H and O–H groups in total.